The van der Waals surface area contributed by atoms with Crippen LogP contribution in [0.25, 0.3) is 0 Å². The van der Waals surface area contributed by atoms with Gasteiger partial charge in [-0.25, -0.2) is 4.99 Å². The number of methoxy groups -OCH3 is 1. The van der Waals surface area contributed by atoms with Crippen molar-refractivity contribution >= 4 is 21.8 Å². The quantitative estimate of drug-likeness (QED) is 0.857. The summed E-state index contributed by atoms with van der Waals surface area (Å²) in [7, 11) is 1.65. The van der Waals surface area contributed by atoms with E-state index in [0.29, 0.717) is 18.4 Å². The van der Waals surface area contributed by atoms with Gasteiger partial charge in [-0.05, 0) is 34.0 Å². The first-order valence-corrected chi connectivity index (χ1v) is 6.46. The highest BCUT2D eigenvalue weighted by atomic mass is 79.9. The summed E-state index contributed by atoms with van der Waals surface area (Å²) in [5.74, 6) is 1.94. The lowest BCUT2D eigenvalue weighted by molar-refractivity contribution is 0.290. The molecule has 1 aliphatic heterocycles. The second-order valence-corrected chi connectivity index (χ2v) is 5.23. The molecule has 1 atom stereocenters. The fourth-order valence-electron chi connectivity index (χ4n) is 1.75. The minimum absolute atomic E-state index is 0.238. The molecule has 1 aliphatic rings. The molecule has 1 aromatic rings. The molecule has 0 aliphatic carbocycles. The van der Waals surface area contributed by atoms with Crippen molar-refractivity contribution in [3.05, 3.63) is 28.2 Å². The Morgan fingerprint density at radius 1 is 1.47 bits per heavy atom. The average molecular weight is 298 g/mol. The number of nitrogens with zero attached hydrogens (tertiary/aromatic N) is 1. The zero-order valence-corrected chi connectivity index (χ0v) is 11.8. The topological polar surface area (TPSA) is 30.8 Å². The summed E-state index contributed by atoms with van der Waals surface area (Å²) in [4.78, 5) is 4.61. The molecule has 0 bridgehead atoms. The minimum atomic E-state index is 0.238. The van der Waals surface area contributed by atoms with Crippen molar-refractivity contribution < 1.29 is 9.47 Å². The maximum Gasteiger partial charge on any atom is 0.221 e. The van der Waals surface area contributed by atoms with Gasteiger partial charge in [0.2, 0.25) is 5.90 Å². The van der Waals surface area contributed by atoms with Gasteiger partial charge in [-0.2, -0.15) is 0 Å². The Kier molecular flexibility index (Phi) is 3.72. The van der Waals surface area contributed by atoms with Gasteiger partial charge in [-0.3, -0.25) is 0 Å². The van der Waals surface area contributed by atoms with Crippen LogP contribution in [-0.4, -0.2) is 25.7 Å². The number of rotatable bonds is 3. The molecule has 0 aromatic heterocycles. The van der Waals surface area contributed by atoms with Crippen LogP contribution in [0, 0.1) is 5.92 Å². The van der Waals surface area contributed by atoms with Gasteiger partial charge in [0.1, 0.15) is 12.4 Å². The normalized spacial score (nSPS) is 19.1. The van der Waals surface area contributed by atoms with E-state index in [0.717, 1.165) is 15.8 Å². The van der Waals surface area contributed by atoms with Crippen molar-refractivity contribution in [2.45, 2.75) is 19.9 Å². The Balaban J connectivity index is 2.38. The Bertz CT molecular complexity index is 443. The largest absolute Gasteiger partial charge is 0.496 e. The van der Waals surface area contributed by atoms with Gasteiger partial charge >= 0.3 is 0 Å². The lowest BCUT2D eigenvalue weighted by Crippen LogP contribution is -2.13. The predicted molar refractivity (Wildman–Crippen MR) is 71.8 cm³/mol. The van der Waals surface area contributed by atoms with E-state index in [2.05, 4.69) is 34.8 Å². The summed E-state index contributed by atoms with van der Waals surface area (Å²) in [5.41, 5.74) is 0.901. The molecule has 4 heteroatoms. The van der Waals surface area contributed by atoms with E-state index >= 15 is 0 Å². The third-order valence-corrected chi connectivity index (χ3v) is 3.51. The summed E-state index contributed by atoms with van der Waals surface area (Å²) in [6, 6.07) is 6.05. The van der Waals surface area contributed by atoms with Crippen molar-refractivity contribution in [3.63, 3.8) is 0 Å². The van der Waals surface area contributed by atoms with Gasteiger partial charge in [0.25, 0.3) is 0 Å². The molecule has 3 nitrogen and oxygen atoms in total. The fraction of sp³-hybridized carbons (Fsp3) is 0.462. The third kappa shape index (κ3) is 2.46. The van der Waals surface area contributed by atoms with Gasteiger partial charge in [0.05, 0.1) is 18.7 Å². The van der Waals surface area contributed by atoms with Crippen LogP contribution in [0.3, 0.4) is 0 Å². The summed E-state index contributed by atoms with van der Waals surface area (Å²) in [6.07, 6.45) is 0. The lowest BCUT2D eigenvalue weighted by Gasteiger charge is -2.09. The summed E-state index contributed by atoms with van der Waals surface area (Å²) in [5, 5.41) is 0. The van der Waals surface area contributed by atoms with Crippen LogP contribution >= 0.6 is 15.9 Å². The average Bonchev–Trinajstić information content (AvgIpc) is 2.77. The van der Waals surface area contributed by atoms with Crippen LogP contribution in [0.4, 0.5) is 0 Å². The Hall–Kier alpha value is -1.03. The molecular weight excluding hydrogens is 282 g/mol. The molecule has 0 saturated heterocycles. The second kappa shape index (κ2) is 5.08. The Labute approximate surface area is 110 Å². The summed E-state index contributed by atoms with van der Waals surface area (Å²) < 4.78 is 12.0. The van der Waals surface area contributed by atoms with E-state index in [9.17, 15) is 0 Å². The van der Waals surface area contributed by atoms with Crippen LogP contribution in [0.1, 0.15) is 19.4 Å². The molecule has 0 saturated carbocycles. The van der Waals surface area contributed by atoms with Crippen molar-refractivity contribution in [2.75, 3.05) is 13.7 Å². The van der Waals surface area contributed by atoms with E-state index in [1.807, 2.05) is 18.2 Å². The third-order valence-electron chi connectivity index (χ3n) is 2.85. The summed E-state index contributed by atoms with van der Waals surface area (Å²) >= 11 is 3.51. The van der Waals surface area contributed by atoms with Crippen LogP contribution < -0.4 is 4.74 Å². The maximum atomic E-state index is 5.68. The number of benzene rings is 1. The number of hydrogen-bond acceptors (Lipinski definition) is 3. The summed E-state index contributed by atoms with van der Waals surface area (Å²) in [6.45, 7) is 4.95. The molecule has 17 heavy (non-hydrogen) atoms. The number of hydrogen-bond donors (Lipinski definition) is 0. The standard InChI is InChI=1S/C13H16BrNO2/c1-8(2)10-7-17-13(15-10)12-9(14)5-4-6-11(12)16-3/h4-6,8,10H,7H2,1-3H3/t10-/m1/s1. The molecule has 0 amide bonds. The number of ether oxygens (including phenoxy) is 2. The molecule has 0 unspecified atom stereocenters. The molecule has 0 N–H and O–H groups in total. The molecule has 1 aromatic carbocycles. The van der Waals surface area contributed by atoms with E-state index < -0.39 is 0 Å². The first kappa shape index (κ1) is 12.4. The first-order chi connectivity index (χ1) is 8.13. The first-order valence-electron chi connectivity index (χ1n) is 5.67. The zero-order chi connectivity index (χ0) is 12.4. The van der Waals surface area contributed by atoms with Crippen molar-refractivity contribution in [3.8, 4) is 5.75 Å². The van der Waals surface area contributed by atoms with E-state index in [1.54, 1.807) is 7.11 Å². The van der Waals surface area contributed by atoms with Crippen molar-refractivity contribution in [1.82, 2.24) is 0 Å². The fourth-order valence-corrected chi connectivity index (χ4v) is 2.27. The highest BCUT2D eigenvalue weighted by Crippen LogP contribution is 2.30. The van der Waals surface area contributed by atoms with Gasteiger partial charge in [-0.15, -0.1) is 0 Å². The van der Waals surface area contributed by atoms with Gasteiger partial charge in [0.15, 0.2) is 0 Å². The Morgan fingerprint density at radius 3 is 2.82 bits per heavy atom. The molecule has 92 valence electrons. The highest BCUT2D eigenvalue weighted by molar-refractivity contribution is 9.10. The Morgan fingerprint density at radius 2 is 2.24 bits per heavy atom. The molecule has 0 radical (unpaired) electrons. The number of halogens is 1. The molecule has 0 fully saturated rings. The second-order valence-electron chi connectivity index (χ2n) is 4.37. The van der Waals surface area contributed by atoms with Crippen molar-refractivity contribution in [2.24, 2.45) is 10.9 Å². The van der Waals surface area contributed by atoms with E-state index in [-0.39, 0.29) is 6.04 Å². The SMILES string of the molecule is COc1cccc(Br)c1C1=N[C@@H](C(C)C)CO1. The minimum Gasteiger partial charge on any atom is -0.496 e. The smallest absolute Gasteiger partial charge is 0.221 e. The van der Waals surface area contributed by atoms with Gasteiger partial charge in [0, 0.05) is 4.47 Å². The monoisotopic (exact) mass is 297 g/mol. The molecular formula is C13H16BrNO2. The van der Waals surface area contributed by atoms with E-state index in [1.165, 1.54) is 0 Å². The molecule has 0 spiro atoms. The predicted octanol–water partition coefficient (Wildman–Crippen LogP) is 3.26. The lowest BCUT2D eigenvalue weighted by atomic mass is 10.1. The highest BCUT2D eigenvalue weighted by Gasteiger charge is 2.26. The zero-order valence-electron chi connectivity index (χ0n) is 10.2. The van der Waals surface area contributed by atoms with Crippen LogP contribution in [-0.2, 0) is 4.74 Å². The van der Waals surface area contributed by atoms with Crippen molar-refractivity contribution in [1.29, 1.82) is 0 Å². The van der Waals surface area contributed by atoms with Gasteiger partial charge < -0.3 is 9.47 Å². The maximum absolute atomic E-state index is 5.68. The van der Waals surface area contributed by atoms with Gasteiger partial charge in [-0.1, -0.05) is 19.9 Å². The van der Waals surface area contributed by atoms with Crippen LogP contribution in [0.2, 0.25) is 0 Å². The van der Waals surface area contributed by atoms with Crippen LogP contribution in [0.5, 0.6) is 5.75 Å². The number of aliphatic imine (C=N–C) groups is 1. The van der Waals surface area contributed by atoms with Crippen LogP contribution in [0.15, 0.2) is 27.7 Å². The van der Waals surface area contributed by atoms with E-state index in [4.69, 9.17) is 9.47 Å². The molecule has 2 rings (SSSR count). The molecule has 1 heterocycles.